The van der Waals surface area contributed by atoms with Gasteiger partial charge in [0.05, 0.1) is 5.01 Å². The first-order valence-electron chi connectivity index (χ1n) is 8.28. The molecule has 2 rings (SSSR count). The van der Waals surface area contributed by atoms with E-state index in [1.807, 2.05) is 18.7 Å². The third-order valence-electron chi connectivity index (χ3n) is 3.93. The normalized spacial score (nSPS) is 18.3. The Balaban J connectivity index is 1.67. The third kappa shape index (κ3) is 5.49. The first-order chi connectivity index (χ1) is 11.1. The van der Waals surface area contributed by atoms with Crippen molar-refractivity contribution in [2.24, 2.45) is 4.99 Å². The van der Waals surface area contributed by atoms with E-state index in [1.54, 1.807) is 18.4 Å². The largest absolute Gasteiger partial charge is 0.356 e. The lowest BCUT2D eigenvalue weighted by Gasteiger charge is -2.18. The third-order valence-corrected chi connectivity index (χ3v) is 4.96. The summed E-state index contributed by atoms with van der Waals surface area (Å²) in [4.78, 5) is 22.4. The van der Waals surface area contributed by atoms with Crippen molar-refractivity contribution >= 4 is 23.2 Å². The number of amides is 1. The number of aliphatic imine (C=N–C) groups is 1. The maximum absolute atomic E-state index is 11.7. The van der Waals surface area contributed by atoms with Crippen molar-refractivity contribution in [1.82, 2.24) is 20.5 Å². The fourth-order valence-electron chi connectivity index (χ4n) is 2.68. The van der Waals surface area contributed by atoms with Crippen molar-refractivity contribution in [2.45, 2.75) is 45.6 Å². The summed E-state index contributed by atoms with van der Waals surface area (Å²) >= 11 is 1.72. The molecule has 7 heteroatoms. The molecule has 128 valence electrons. The number of hydrogen-bond acceptors (Lipinski definition) is 4. The Morgan fingerprint density at radius 2 is 2.39 bits per heavy atom. The monoisotopic (exact) mass is 337 g/mol. The minimum absolute atomic E-state index is 0.232. The summed E-state index contributed by atoms with van der Waals surface area (Å²) in [6.45, 7) is 6.41. The first kappa shape index (κ1) is 17.7. The molecule has 1 aromatic heterocycles. The minimum Gasteiger partial charge on any atom is -0.356 e. The van der Waals surface area contributed by atoms with Gasteiger partial charge in [-0.1, -0.05) is 6.92 Å². The first-order valence-corrected chi connectivity index (χ1v) is 9.16. The van der Waals surface area contributed by atoms with Crippen molar-refractivity contribution in [3.63, 3.8) is 0 Å². The minimum atomic E-state index is 0.232. The summed E-state index contributed by atoms with van der Waals surface area (Å²) in [5, 5.41) is 10.0. The average Bonchev–Trinajstić information content (AvgIpc) is 3.18. The molecular formula is C16H27N5OS. The number of nitrogens with zero attached hydrogens (tertiary/aromatic N) is 3. The fraction of sp³-hybridized carbons (Fsp3) is 0.688. The quantitative estimate of drug-likeness (QED) is 0.469. The predicted octanol–water partition coefficient (Wildman–Crippen LogP) is 1.56. The molecule has 1 aromatic rings. The lowest BCUT2D eigenvalue weighted by Crippen LogP contribution is -2.45. The van der Waals surface area contributed by atoms with Crippen LogP contribution in [-0.2, 0) is 11.2 Å². The van der Waals surface area contributed by atoms with Gasteiger partial charge < -0.3 is 15.5 Å². The number of aromatic nitrogens is 1. The van der Waals surface area contributed by atoms with Crippen LogP contribution in [0.2, 0.25) is 0 Å². The molecule has 2 N–H and O–H groups in total. The molecule has 2 heterocycles. The molecular weight excluding hydrogens is 310 g/mol. The van der Waals surface area contributed by atoms with E-state index in [0.717, 1.165) is 50.6 Å². The van der Waals surface area contributed by atoms with Gasteiger partial charge in [0.1, 0.15) is 0 Å². The SMILES string of the molecule is CCC(=O)N1CCC(NC(=NC)NCCCc2nc(C)cs2)C1. The topological polar surface area (TPSA) is 69.6 Å². The van der Waals surface area contributed by atoms with Crippen LogP contribution in [0.5, 0.6) is 0 Å². The van der Waals surface area contributed by atoms with Crippen LogP contribution in [0.25, 0.3) is 0 Å². The molecule has 1 aliphatic rings. The summed E-state index contributed by atoms with van der Waals surface area (Å²) in [5.74, 6) is 1.05. The molecule has 0 aromatic carbocycles. The molecule has 0 bridgehead atoms. The molecule has 6 nitrogen and oxygen atoms in total. The highest BCUT2D eigenvalue weighted by Crippen LogP contribution is 2.11. The van der Waals surface area contributed by atoms with E-state index >= 15 is 0 Å². The number of carbonyl (C=O) groups is 1. The summed E-state index contributed by atoms with van der Waals surface area (Å²) in [6.07, 6.45) is 3.57. The molecule has 1 saturated heterocycles. The van der Waals surface area contributed by atoms with E-state index in [4.69, 9.17) is 0 Å². The highest BCUT2D eigenvalue weighted by molar-refractivity contribution is 7.09. The Bertz CT molecular complexity index is 542. The smallest absolute Gasteiger partial charge is 0.222 e. The number of nitrogens with one attached hydrogen (secondary N) is 2. The maximum atomic E-state index is 11.7. The van der Waals surface area contributed by atoms with E-state index < -0.39 is 0 Å². The molecule has 1 amide bonds. The van der Waals surface area contributed by atoms with Gasteiger partial charge in [-0.15, -0.1) is 11.3 Å². The Morgan fingerprint density at radius 3 is 3.04 bits per heavy atom. The van der Waals surface area contributed by atoms with Crippen LogP contribution in [-0.4, -0.2) is 54.5 Å². The van der Waals surface area contributed by atoms with Gasteiger partial charge in [0.25, 0.3) is 0 Å². The van der Waals surface area contributed by atoms with Crippen molar-refractivity contribution in [1.29, 1.82) is 0 Å². The van der Waals surface area contributed by atoms with E-state index in [2.05, 4.69) is 26.0 Å². The number of aryl methyl sites for hydroxylation is 2. The van der Waals surface area contributed by atoms with Gasteiger partial charge in [0.2, 0.25) is 5.91 Å². The van der Waals surface area contributed by atoms with Gasteiger partial charge in [-0.05, 0) is 19.8 Å². The van der Waals surface area contributed by atoms with E-state index in [0.29, 0.717) is 12.5 Å². The molecule has 0 radical (unpaired) electrons. The molecule has 1 atom stereocenters. The van der Waals surface area contributed by atoms with Crippen LogP contribution in [0.3, 0.4) is 0 Å². The number of likely N-dealkylation sites (tertiary alicyclic amines) is 1. The summed E-state index contributed by atoms with van der Waals surface area (Å²) < 4.78 is 0. The molecule has 1 fully saturated rings. The Labute approximate surface area is 142 Å². The van der Waals surface area contributed by atoms with Crippen LogP contribution in [0.1, 0.15) is 36.9 Å². The van der Waals surface area contributed by atoms with Gasteiger partial charge in [-0.3, -0.25) is 9.79 Å². The van der Waals surface area contributed by atoms with Crippen molar-refractivity contribution in [2.75, 3.05) is 26.7 Å². The van der Waals surface area contributed by atoms with E-state index in [1.165, 1.54) is 5.01 Å². The number of thiazole rings is 1. The second kappa shape index (κ2) is 8.86. The second-order valence-electron chi connectivity index (χ2n) is 5.81. The predicted molar refractivity (Wildman–Crippen MR) is 94.9 cm³/mol. The molecule has 0 aliphatic carbocycles. The highest BCUT2D eigenvalue weighted by Gasteiger charge is 2.25. The summed E-state index contributed by atoms with van der Waals surface area (Å²) in [5.41, 5.74) is 1.10. The zero-order chi connectivity index (χ0) is 16.7. The summed E-state index contributed by atoms with van der Waals surface area (Å²) in [7, 11) is 1.78. The van der Waals surface area contributed by atoms with Gasteiger partial charge in [-0.25, -0.2) is 4.98 Å². The second-order valence-corrected chi connectivity index (χ2v) is 6.75. The van der Waals surface area contributed by atoms with Crippen molar-refractivity contribution in [3.8, 4) is 0 Å². The van der Waals surface area contributed by atoms with Crippen LogP contribution in [0.4, 0.5) is 0 Å². The Hall–Kier alpha value is -1.63. The van der Waals surface area contributed by atoms with E-state index in [9.17, 15) is 4.79 Å². The Kier molecular flexibility index (Phi) is 6.83. The average molecular weight is 337 g/mol. The standard InChI is InChI=1S/C16H27N5OS/c1-4-15(22)21-9-7-13(10-21)20-16(17-3)18-8-5-6-14-19-12(2)11-23-14/h11,13H,4-10H2,1-3H3,(H2,17,18,20). The zero-order valence-electron chi connectivity index (χ0n) is 14.3. The van der Waals surface area contributed by atoms with Gasteiger partial charge in [0.15, 0.2) is 5.96 Å². The highest BCUT2D eigenvalue weighted by atomic mass is 32.1. The van der Waals surface area contributed by atoms with Gasteiger partial charge in [-0.2, -0.15) is 0 Å². The molecule has 0 spiro atoms. The number of rotatable bonds is 6. The number of hydrogen-bond donors (Lipinski definition) is 2. The van der Waals surface area contributed by atoms with Crippen LogP contribution in [0.15, 0.2) is 10.4 Å². The van der Waals surface area contributed by atoms with Crippen molar-refractivity contribution in [3.05, 3.63) is 16.1 Å². The van der Waals surface area contributed by atoms with Gasteiger partial charge >= 0.3 is 0 Å². The fourth-order valence-corrected chi connectivity index (χ4v) is 3.50. The van der Waals surface area contributed by atoms with Crippen LogP contribution >= 0.6 is 11.3 Å². The van der Waals surface area contributed by atoms with Gasteiger partial charge in [0, 0.05) is 56.6 Å². The molecule has 23 heavy (non-hydrogen) atoms. The van der Waals surface area contributed by atoms with Crippen LogP contribution in [0, 0.1) is 6.92 Å². The number of carbonyl (C=O) groups excluding carboxylic acids is 1. The lowest BCUT2D eigenvalue weighted by molar-refractivity contribution is -0.129. The molecule has 1 unspecified atom stereocenters. The molecule has 1 aliphatic heterocycles. The molecule has 0 saturated carbocycles. The zero-order valence-corrected chi connectivity index (χ0v) is 15.1. The van der Waals surface area contributed by atoms with Crippen molar-refractivity contribution < 1.29 is 4.79 Å². The number of guanidine groups is 1. The Morgan fingerprint density at radius 1 is 1.57 bits per heavy atom. The maximum Gasteiger partial charge on any atom is 0.222 e. The summed E-state index contributed by atoms with van der Waals surface area (Å²) in [6, 6.07) is 0.290. The lowest BCUT2D eigenvalue weighted by atomic mass is 10.3. The van der Waals surface area contributed by atoms with Crippen LogP contribution < -0.4 is 10.6 Å². The van der Waals surface area contributed by atoms with E-state index in [-0.39, 0.29) is 5.91 Å².